The van der Waals surface area contributed by atoms with E-state index in [1.165, 1.54) is 11.8 Å². The molecule has 156 valence electrons. The third-order valence-electron chi connectivity index (χ3n) is 6.96. The van der Waals surface area contributed by atoms with Crippen LogP contribution in [0, 0.1) is 11.8 Å². The Kier molecular flexibility index (Phi) is 6.00. The smallest absolute Gasteiger partial charge is 0.208 e. The molecule has 2 saturated carbocycles. The Hall–Kier alpha value is -1.11. The SMILES string of the molecule is C[C@@H]1Oc2ccccc2[C@H]2CC[C@H](CC2)OC[C@@H]2C1CCC[C@@H]2NS(C)(=O)=O. The first-order valence-corrected chi connectivity index (χ1v) is 12.6. The number of para-hydroxylation sites is 1. The summed E-state index contributed by atoms with van der Waals surface area (Å²) < 4.78 is 39.7. The highest BCUT2D eigenvalue weighted by atomic mass is 32.2. The predicted molar refractivity (Wildman–Crippen MR) is 110 cm³/mol. The standard InChI is InChI=1S/C22H33NO4S/c1-15-18-7-5-8-21(23-28(2,24)25)20(18)14-26-17-12-10-16(11-13-17)19-6-3-4-9-22(19)27-15/h3-4,6,9,15-18,20-21,23H,5,7-8,10-14H2,1-2H3/t15-,16-,17+,18?,20+,21-/m0/s1. The Morgan fingerprint density at radius 2 is 1.75 bits per heavy atom. The van der Waals surface area contributed by atoms with Crippen LogP contribution in [0.3, 0.4) is 0 Å². The van der Waals surface area contributed by atoms with Gasteiger partial charge in [0.2, 0.25) is 10.0 Å². The van der Waals surface area contributed by atoms with Gasteiger partial charge in [0, 0.05) is 17.9 Å². The molecule has 2 aliphatic carbocycles. The first-order valence-electron chi connectivity index (χ1n) is 10.7. The maximum absolute atomic E-state index is 11.9. The maximum Gasteiger partial charge on any atom is 0.208 e. The summed E-state index contributed by atoms with van der Waals surface area (Å²) in [6, 6.07) is 8.40. The molecule has 4 aliphatic rings. The van der Waals surface area contributed by atoms with Gasteiger partial charge in [-0.1, -0.05) is 24.6 Å². The van der Waals surface area contributed by atoms with Crippen LogP contribution in [-0.2, 0) is 14.8 Å². The van der Waals surface area contributed by atoms with Crippen molar-refractivity contribution < 1.29 is 17.9 Å². The van der Waals surface area contributed by atoms with E-state index in [0.29, 0.717) is 18.6 Å². The predicted octanol–water partition coefficient (Wildman–Crippen LogP) is 3.84. The molecule has 2 fully saturated rings. The van der Waals surface area contributed by atoms with E-state index in [1.54, 1.807) is 0 Å². The van der Waals surface area contributed by atoms with Crippen molar-refractivity contribution in [3.05, 3.63) is 29.8 Å². The van der Waals surface area contributed by atoms with Crippen LogP contribution < -0.4 is 9.46 Å². The lowest BCUT2D eigenvalue weighted by atomic mass is 9.73. The number of ether oxygens (including phenoxy) is 2. The normalized spacial score (nSPS) is 36.4. The molecule has 1 N–H and O–H groups in total. The maximum atomic E-state index is 11.9. The van der Waals surface area contributed by atoms with Gasteiger partial charge in [0.05, 0.1) is 25.1 Å². The lowest BCUT2D eigenvalue weighted by Gasteiger charge is -2.42. The third kappa shape index (κ3) is 4.55. The van der Waals surface area contributed by atoms with Gasteiger partial charge in [-0.25, -0.2) is 13.1 Å². The van der Waals surface area contributed by atoms with E-state index in [9.17, 15) is 8.42 Å². The number of nitrogens with one attached hydrogen (secondary N) is 1. The molecule has 4 atom stereocenters. The van der Waals surface area contributed by atoms with Crippen molar-refractivity contribution >= 4 is 10.0 Å². The lowest BCUT2D eigenvalue weighted by Crippen LogP contribution is -2.50. The minimum Gasteiger partial charge on any atom is -0.490 e. The molecule has 1 unspecified atom stereocenters. The molecule has 5 rings (SSSR count). The van der Waals surface area contributed by atoms with E-state index in [2.05, 4.69) is 35.9 Å². The molecule has 2 aliphatic heterocycles. The third-order valence-corrected chi connectivity index (χ3v) is 7.69. The summed E-state index contributed by atoms with van der Waals surface area (Å²) in [5.74, 6) is 1.98. The fraction of sp³-hybridized carbons (Fsp3) is 0.727. The highest BCUT2D eigenvalue weighted by molar-refractivity contribution is 7.88. The number of hydrogen-bond acceptors (Lipinski definition) is 4. The zero-order valence-electron chi connectivity index (χ0n) is 17.0. The topological polar surface area (TPSA) is 64.6 Å². The van der Waals surface area contributed by atoms with Crippen LogP contribution >= 0.6 is 0 Å². The second-order valence-electron chi connectivity index (χ2n) is 8.92. The van der Waals surface area contributed by atoms with Crippen LogP contribution in [0.1, 0.15) is 63.4 Å². The first-order chi connectivity index (χ1) is 13.4. The molecule has 0 amide bonds. The molecule has 0 radical (unpaired) electrons. The molecule has 0 spiro atoms. The molecule has 0 aromatic heterocycles. The van der Waals surface area contributed by atoms with Crippen molar-refractivity contribution in [2.75, 3.05) is 12.9 Å². The summed E-state index contributed by atoms with van der Waals surface area (Å²) in [6.45, 7) is 2.75. The van der Waals surface area contributed by atoms with E-state index in [-0.39, 0.29) is 24.0 Å². The average Bonchev–Trinajstić information content (AvgIpc) is 2.65. The van der Waals surface area contributed by atoms with E-state index < -0.39 is 10.0 Å². The van der Waals surface area contributed by atoms with Gasteiger partial charge >= 0.3 is 0 Å². The van der Waals surface area contributed by atoms with Crippen LogP contribution in [0.5, 0.6) is 5.75 Å². The minimum absolute atomic E-state index is 0.0249. The molecule has 6 heteroatoms. The van der Waals surface area contributed by atoms with Crippen LogP contribution in [0.4, 0.5) is 0 Å². The summed E-state index contributed by atoms with van der Waals surface area (Å²) in [7, 11) is -3.25. The van der Waals surface area contributed by atoms with Gasteiger partial charge in [-0.05, 0) is 63.0 Å². The zero-order chi connectivity index (χ0) is 19.7. The molecule has 2 heterocycles. The quantitative estimate of drug-likeness (QED) is 0.809. The summed E-state index contributed by atoms with van der Waals surface area (Å²) in [6.07, 6.45) is 8.88. The largest absolute Gasteiger partial charge is 0.490 e. The highest BCUT2D eigenvalue weighted by Crippen LogP contribution is 2.42. The van der Waals surface area contributed by atoms with Crippen molar-refractivity contribution in [2.24, 2.45) is 11.8 Å². The van der Waals surface area contributed by atoms with Gasteiger partial charge < -0.3 is 9.47 Å². The second-order valence-corrected chi connectivity index (χ2v) is 10.7. The summed E-state index contributed by atoms with van der Waals surface area (Å²) >= 11 is 0. The van der Waals surface area contributed by atoms with Gasteiger partial charge in [-0.2, -0.15) is 0 Å². The van der Waals surface area contributed by atoms with Crippen molar-refractivity contribution in [3.63, 3.8) is 0 Å². The molecule has 0 saturated heterocycles. The molecule has 28 heavy (non-hydrogen) atoms. The van der Waals surface area contributed by atoms with Crippen molar-refractivity contribution in [1.82, 2.24) is 4.72 Å². The molecule has 1 aromatic carbocycles. The van der Waals surface area contributed by atoms with Crippen LogP contribution in [0.25, 0.3) is 0 Å². The van der Waals surface area contributed by atoms with Crippen LogP contribution in [-0.4, -0.2) is 39.5 Å². The summed E-state index contributed by atoms with van der Waals surface area (Å²) in [5, 5.41) is 0. The van der Waals surface area contributed by atoms with Crippen LogP contribution in [0.15, 0.2) is 24.3 Å². The first kappa shape index (κ1) is 20.2. The fourth-order valence-electron chi connectivity index (χ4n) is 5.54. The van der Waals surface area contributed by atoms with Gasteiger partial charge in [0.25, 0.3) is 0 Å². The number of fused-ring (bicyclic) bond motifs is 4. The lowest BCUT2D eigenvalue weighted by molar-refractivity contribution is -0.0422. The Morgan fingerprint density at radius 1 is 1.00 bits per heavy atom. The number of hydrogen-bond donors (Lipinski definition) is 1. The molecular formula is C22H33NO4S. The Balaban J connectivity index is 1.65. The molecule has 1 aromatic rings. The van der Waals surface area contributed by atoms with E-state index in [4.69, 9.17) is 9.47 Å². The fourth-order valence-corrected chi connectivity index (χ4v) is 6.39. The van der Waals surface area contributed by atoms with E-state index in [1.807, 2.05) is 0 Å². The van der Waals surface area contributed by atoms with Crippen LogP contribution in [0.2, 0.25) is 0 Å². The van der Waals surface area contributed by atoms with Crippen molar-refractivity contribution in [3.8, 4) is 5.75 Å². The van der Waals surface area contributed by atoms with Crippen molar-refractivity contribution in [1.29, 1.82) is 0 Å². The van der Waals surface area contributed by atoms with Gasteiger partial charge in [0.15, 0.2) is 0 Å². The summed E-state index contributed by atoms with van der Waals surface area (Å²) in [4.78, 5) is 0. The Labute approximate surface area is 169 Å². The van der Waals surface area contributed by atoms with E-state index >= 15 is 0 Å². The van der Waals surface area contributed by atoms with Crippen molar-refractivity contribution in [2.45, 2.75) is 76.0 Å². The van der Waals surface area contributed by atoms with E-state index in [0.717, 1.165) is 50.7 Å². The zero-order valence-corrected chi connectivity index (χ0v) is 17.8. The Bertz CT molecular complexity index is 772. The second kappa shape index (κ2) is 8.33. The van der Waals surface area contributed by atoms with Gasteiger partial charge in [0.1, 0.15) is 5.75 Å². The number of sulfonamides is 1. The number of rotatable bonds is 2. The Morgan fingerprint density at radius 3 is 2.50 bits per heavy atom. The minimum atomic E-state index is -3.25. The molecule has 5 nitrogen and oxygen atoms in total. The summed E-state index contributed by atoms with van der Waals surface area (Å²) in [5.41, 5.74) is 1.33. The molecule has 2 bridgehead atoms. The van der Waals surface area contributed by atoms with Gasteiger partial charge in [-0.15, -0.1) is 0 Å². The van der Waals surface area contributed by atoms with Gasteiger partial charge in [-0.3, -0.25) is 0 Å². The number of benzene rings is 1. The molecular weight excluding hydrogens is 374 g/mol. The highest BCUT2D eigenvalue weighted by Gasteiger charge is 2.40. The average molecular weight is 408 g/mol. The monoisotopic (exact) mass is 407 g/mol.